The molecule has 4 rings (SSSR count). The first kappa shape index (κ1) is 22.2. The molecule has 0 unspecified atom stereocenters. The lowest BCUT2D eigenvalue weighted by atomic mass is 10.1. The smallest absolute Gasteiger partial charge is 0.280 e. The van der Waals surface area contributed by atoms with Gasteiger partial charge in [0, 0.05) is 16.1 Å². The number of amides is 1. The number of fused-ring (bicyclic) bond motifs is 1. The molecule has 3 aromatic carbocycles. The molecular formula is C24H20ClN3O5. The molecule has 0 aliphatic rings. The number of hydrogen-bond donors (Lipinski definition) is 1. The fourth-order valence-electron chi connectivity index (χ4n) is 3.41. The molecule has 0 aliphatic carbocycles. The summed E-state index contributed by atoms with van der Waals surface area (Å²) in [6.45, 7) is 0. The first-order valence-electron chi connectivity index (χ1n) is 9.86. The van der Waals surface area contributed by atoms with Crippen molar-refractivity contribution < 1.29 is 19.0 Å². The highest BCUT2D eigenvalue weighted by molar-refractivity contribution is 6.30. The van der Waals surface area contributed by atoms with Crippen LogP contribution in [0, 0.1) is 0 Å². The monoisotopic (exact) mass is 465 g/mol. The Labute approximate surface area is 194 Å². The number of para-hydroxylation sites is 1. The van der Waals surface area contributed by atoms with Crippen LogP contribution in [0.2, 0.25) is 5.02 Å². The van der Waals surface area contributed by atoms with Gasteiger partial charge in [-0.05, 0) is 48.5 Å². The van der Waals surface area contributed by atoms with E-state index in [1.54, 1.807) is 60.7 Å². The molecule has 8 nitrogen and oxygen atoms in total. The molecule has 9 heteroatoms. The van der Waals surface area contributed by atoms with Crippen molar-refractivity contribution in [1.82, 2.24) is 9.66 Å². The summed E-state index contributed by atoms with van der Waals surface area (Å²) in [5.41, 5.74) is 3.50. The summed E-state index contributed by atoms with van der Waals surface area (Å²) in [5, 5.41) is 0.847. The van der Waals surface area contributed by atoms with Crippen molar-refractivity contribution in [1.29, 1.82) is 0 Å². The summed E-state index contributed by atoms with van der Waals surface area (Å²) >= 11 is 5.92. The molecule has 0 bridgehead atoms. The minimum atomic E-state index is -0.500. The molecule has 168 valence electrons. The predicted molar refractivity (Wildman–Crippen MR) is 126 cm³/mol. The number of rotatable bonds is 6. The Morgan fingerprint density at radius 1 is 0.939 bits per heavy atom. The van der Waals surface area contributed by atoms with Crippen molar-refractivity contribution in [2.45, 2.75) is 0 Å². The van der Waals surface area contributed by atoms with Crippen LogP contribution in [0.5, 0.6) is 17.2 Å². The van der Waals surface area contributed by atoms with E-state index in [0.717, 1.165) is 4.68 Å². The van der Waals surface area contributed by atoms with Crippen molar-refractivity contribution >= 4 is 28.4 Å². The third kappa shape index (κ3) is 4.20. The zero-order chi connectivity index (χ0) is 23.5. The number of hydrogen-bond acceptors (Lipinski definition) is 6. The molecule has 0 aliphatic heterocycles. The fraction of sp³-hybridized carbons (Fsp3) is 0.125. The van der Waals surface area contributed by atoms with Crippen molar-refractivity contribution in [3.05, 3.63) is 81.6 Å². The number of benzene rings is 3. The zero-order valence-corrected chi connectivity index (χ0v) is 18.8. The van der Waals surface area contributed by atoms with Crippen molar-refractivity contribution in [3.63, 3.8) is 0 Å². The molecule has 1 heterocycles. The van der Waals surface area contributed by atoms with Gasteiger partial charge in [0.05, 0.1) is 32.2 Å². The second-order valence-corrected chi connectivity index (χ2v) is 7.39. The second kappa shape index (κ2) is 9.22. The Balaban J connectivity index is 1.93. The lowest BCUT2D eigenvalue weighted by Crippen LogP contribution is -2.35. The van der Waals surface area contributed by atoms with Crippen LogP contribution < -0.4 is 25.2 Å². The average Bonchev–Trinajstić information content (AvgIpc) is 2.84. The number of nitrogens with one attached hydrogen (secondary N) is 1. The maximum absolute atomic E-state index is 13.4. The minimum Gasteiger partial charge on any atom is -0.493 e. The Hall–Kier alpha value is -4.04. The molecule has 1 aromatic heterocycles. The summed E-state index contributed by atoms with van der Waals surface area (Å²) in [6.07, 6.45) is 0. The number of nitrogens with zero attached hydrogens (tertiary/aromatic N) is 2. The largest absolute Gasteiger partial charge is 0.493 e. The molecule has 0 saturated carbocycles. The van der Waals surface area contributed by atoms with Crippen LogP contribution in [0.25, 0.3) is 22.3 Å². The van der Waals surface area contributed by atoms with Crippen LogP contribution >= 0.6 is 11.6 Å². The summed E-state index contributed by atoms with van der Waals surface area (Å²) in [6, 6.07) is 16.5. The lowest BCUT2D eigenvalue weighted by Gasteiger charge is -2.17. The van der Waals surface area contributed by atoms with E-state index in [-0.39, 0.29) is 5.82 Å². The number of aromatic nitrogens is 2. The average molecular weight is 466 g/mol. The van der Waals surface area contributed by atoms with Gasteiger partial charge in [0.25, 0.3) is 11.5 Å². The van der Waals surface area contributed by atoms with Crippen LogP contribution in [0.15, 0.2) is 65.5 Å². The number of carbonyl (C=O) groups is 1. The van der Waals surface area contributed by atoms with E-state index in [4.69, 9.17) is 25.8 Å². The first-order chi connectivity index (χ1) is 16.0. The lowest BCUT2D eigenvalue weighted by molar-refractivity contribution is 0.101. The molecule has 0 radical (unpaired) electrons. The van der Waals surface area contributed by atoms with Gasteiger partial charge in [0.1, 0.15) is 0 Å². The Kier molecular flexibility index (Phi) is 6.19. The maximum Gasteiger partial charge on any atom is 0.280 e. The van der Waals surface area contributed by atoms with Crippen molar-refractivity contribution in [2.24, 2.45) is 0 Å². The fourth-order valence-corrected chi connectivity index (χ4v) is 3.53. The van der Waals surface area contributed by atoms with E-state index >= 15 is 0 Å². The van der Waals surface area contributed by atoms with Crippen LogP contribution in [-0.4, -0.2) is 36.9 Å². The van der Waals surface area contributed by atoms with E-state index < -0.39 is 11.5 Å². The minimum absolute atomic E-state index is 0.195. The van der Waals surface area contributed by atoms with E-state index in [9.17, 15) is 9.59 Å². The van der Waals surface area contributed by atoms with Gasteiger partial charge in [-0.2, -0.15) is 4.68 Å². The van der Waals surface area contributed by atoms with Crippen LogP contribution in [-0.2, 0) is 0 Å². The van der Waals surface area contributed by atoms with Crippen molar-refractivity contribution in [2.75, 3.05) is 26.8 Å². The summed E-state index contributed by atoms with van der Waals surface area (Å²) < 4.78 is 17.4. The molecule has 0 spiro atoms. The Morgan fingerprint density at radius 3 is 2.18 bits per heavy atom. The molecule has 0 fully saturated rings. The van der Waals surface area contributed by atoms with Gasteiger partial charge >= 0.3 is 0 Å². The maximum atomic E-state index is 13.4. The molecule has 0 atom stereocenters. The molecule has 0 saturated heterocycles. The summed E-state index contributed by atoms with van der Waals surface area (Å²) in [4.78, 5) is 31.0. The standard InChI is InChI=1S/C24H20ClN3O5/c1-31-19-12-15(13-20(32-2)21(19)33-3)22-26-18-7-5-4-6-17(18)24(30)28(22)27-23(29)14-8-10-16(25)11-9-14/h4-13H,1-3H3,(H,27,29). The first-order valence-corrected chi connectivity index (χ1v) is 10.2. The SMILES string of the molecule is COc1cc(-c2nc3ccccc3c(=O)n2NC(=O)c2ccc(Cl)cc2)cc(OC)c1OC. The number of halogens is 1. The highest BCUT2D eigenvalue weighted by Gasteiger charge is 2.20. The highest BCUT2D eigenvalue weighted by Crippen LogP contribution is 2.40. The van der Waals surface area contributed by atoms with E-state index in [1.165, 1.54) is 21.3 Å². The molecule has 4 aromatic rings. The van der Waals surface area contributed by atoms with Gasteiger partial charge in [-0.3, -0.25) is 15.0 Å². The summed E-state index contributed by atoms with van der Waals surface area (Å²) in [7, 11) is 4.48. The van der Waals surface area contributed by atoms with Crippen molar-refractivity contribution in [3.8, 4) is 28.6 Å². The highest BCUT2D eigenvalue weighted by atomic mass is 35.5. The van der Waals surface area contributed by atoms with Gasteiger partial charge in [0.2, 0.25) is 5.75 Å². The Morgan fingerprint density at radius 2 is 1.58 bits per heavy atom. The number of ether oxygens (including phenoxy) is 3. The number of carbonyl (C=O) groups excluding carboxylic acids is 1. The zero-order valence-electron chi connectivity index (χ0n) is 18.1. The molecule has 1 N–H and O–H groups in total. The number of methoxy groups -OCH3 is 3. The Bertz CT molecular complexity index is 1370. The molecule has 33 heavy (non-hydrogen) atoms. The molecule has 1 amide bonds. The van der Waals surface area contributed by atoms with Gasteiger partial charge in [-0.1, -0.05) is 23.7 Å². The third-order valence-electron chi connectivity index (χ3n) is 5.02. The topological polar surface area (TPSA) is 91.7 Å². The van der Waals surface area contributed by atoms with Gasteiger partial charge in [0.15, 0.2) is 17.3 Å². The van der Waals surface area contributed by atoms with Crippen LogP contribution in [0.3, 0.4) is 0 Å². The van der Waals surface area contributed by atoms with Gasteiger partial charge < -0.3 is 14.2 Å². The van der Waals surface area contributed by atoms with Crippen LogP contribution in [0.1, 0.15) is 10.4 Å². The van der Waals surface area contributed by atoms with E-state index in [0.29, 0.717) is 44.3 Å². The van der Waals surface area contributed by atoms with E-state index in [1.807, 2.05) is 0 Å². The van der Waals surface area contributed by atoms with E-state index in [2.05, 4.69) is 10.4 Å². The second-order valence-electron chi connectivity index (χ2n) is 6.95. The molecular weight excluding hydrogens is 446 g/mol. The van der Waals surface area contributed by atoms with Crippen LogP contribution in [0.4, 0.5) is 0 Å². The van der Waals surface area contributed by atoms with Gasteiger partial charge in [-0.15, -0.1) is 0 Å². The third-order valence-corrected chi connectivity index (χ3v) is 5.27. The quantitative estimate of drug-likeness (QED) is 0.460. The normalized spacial score (nSPS) is 10.7. The summed E-state index contributed by atoms with van der Waals surface area (Å²) in [5.74, 6) is 0.845. The van der Waals surface area contributed by atoms with Gasteiger partial charge in [-0.25, -0.2) is 4.98 Å². The predicted octanol–water partition coefficient (Wildman–Crippen LogP) is 4.13.